The van der Waals surface area contributed by atoms with E-state index < -0.39 is 0 Å². The van der Waals surface area contributed by atoms with Gasteiger partial charge >= 0.3 is 0 Å². The minimum absolute atomic E-state index is 0. The Hall–Kier alpha value is -1.23. The van der Waals surface area contributed by atoms with Crippen LogP contribution in [0.3, 0.4) is 0 Å². The van der Waals surface area contributed by atoms with Crippen LogP contribution in [0.5, 0.6) is 0 Å². The topological polar surface area (TPSA) is 71.2 Å². The number of hydrogen-bond donors (Lipinski definition) is 1. The second-order valence-corrected chi connectivity index (χ2v) is 6.06. The molecule has 122 valence electrons. The van der Waals surface area contributed by atoms with Gasteiger partial charge in [0.25, 0.3) is 0 Å². The van der Waals surface area contributed by atoms with Gasteiger partial charge in [0.2, 0.25) is 0 Å². The summed E-state index contributed by atoms with van der Waals surface area (Å²) in [4.78, 5) is 16.1. The Bertz CT molecular complexity index is 607. The fraction of sp³-hybridized carbons (Fsp3) is 0.538. The Balaban J connectivity index is 0.00000242. The molecule has 0 fully saturated rings. The summed E-state index contributed by atoms with van der Waals surface area (Å²) >= 11 is 1.73. The number of nitrogens with one attached hydrogen (secondary N) is 1. The first-order chi connectivity index (χ1) is 10.1. The Morgan fingerprint density at radius 2 is 2.23 bits per heavy atom. The molecule has 7 nitrogen and oxygen atoms in total. The summed E-state index contributed by atoms with van der Waals surface area (Å²) < 4.78 is 1.77. The van der Waals surface area contributed by atoms with Crippen LogP contribution in [0.25, 0.3) is 0 Å². The molecule has 9 heteroatoms. The predicted octanol–water partition coefficient (Wildman–Crippen LogP) is 1.45. The Morgan fingerprint density at radius 1 is 1.45 bits per heavy atom. The van der Waals surface area contributed by atoms with Gasteiger partial charge in [-0.1, -0.05) is 0 Å². The first-order valence-corrected chi connectivity index (χ1v) is 7.57. The molecule has 0 saturated carbocycles. The number of guanidine groups is 1. The van der Waals surface area contributed by atoms with Crippen LogP contribution in [0.4, 0.5) is 0 Å². The number of nitrogens with zero attached hydrogens (tertiary/aromatic N) is 6. The van der Waals surface area contributed by atoms with E-state index >= 15 is 0 Å². The van der Waals surface area contributed by atoms with Crippen molar-refractivity contribution < 1.29 is 0 Å². The number of aryl methyl sites for hydroxylation is 2. The average molecular weight is 435 g/mol. The molecule has 0 spiro atoms. The van der Waals surface area contributed by atoms with Crippen molar-refractivity contribution in [2.45, 2.75) is 19.9 Å². The lowest BCUT2D eigenvalue weighted by atomic mass is 10.4. The Labute approximate surface area is 151 Å². The van der Waals surface area contributed by atoms with E-state index in [1.165, 1.54) is 4.88 Å². The fourth-order valence-corrected chi connectivity index (χ4v) is 2.72. The first-order valence-electron chi connectivity index (χ1n) is 6.76. The van der Waals surface area contributed by atoms with Crippen molar-refractivity contribution in [2.75, 3.05) is 20.6 Å². The number of rotatable bonds is 5. The highest BCUT2D eigenvalue weighted by molar-refractivity contribution is 14.0. The van der Waals surface area contributed by atoms with Gasteiger partial charge < -0.3 is 10.2 Å². The molecule has 0 aromatic carbocycles. The van der Waals surface area contributed by atoms with Gasteiger partial charge in [-0.25, -0.2) is 9.97 Å². The van der Waals surface area contributed by atoms with E-state index in [2.05, 4.69) is 32.3 Å². The standard InChI is InChI=1S/C13H21N7S.HI/c1-10-7-16-12(21-10)5-6-15-13(14-2)19(3)8-11-17-9-18-20(11)4;/h7,9H,5-6,8H2,1-4H3,(H,14,15);1H. The van der Waals surface area contributed by atoms with E-state index in [4.69, 9.17) is 0 Å². The summed E-state index contributed by atoms with van der Waals surface area (Å²) in [6.45, 7) is 3.54. The molecule has 2 aromatic heterocycles. The molecule has 0 radical (unpaired) electrons. The van der Waals surface area contributed by atoms with E-state index in [1.54, 1.807) is 29.4 Å². The predicted molar refractivity (Wildman–Crippen MR) is 99.8 cm³/mol. The third kappa shape index (κ3) is 5.20. The summed E-state index contributed by atoms with van der Waals surface area (Å²) in [7, 11) is 5.65. The van der Waals surface area contributed by atoms with Crippen LogP contribution in [-0.2, 0) is 20.0 Å². The highest BCUT2D eigenvalue weighted by Crippen LogP contribution is 2.11. The molecule has 0 saturated heterocycles. The molecule has 2 rings (SSSR count). The van der Waals surface area contributed by atoms with Crippen LogP contribution in [-0.4, -0.2) is 51.2 Å². The van der Waals surface area contributed by atoms with Gasteiger partial charge in [0.05, 0.1) is 11.6 Å². The lowest BCUT2D eigenvalue weighted by Crippen LogP contribution is -2.39. The maximum Gasteiger partial charge on any atom is 0.193 e. The normalized spacial score (nSPS) is 11.2. The van der Waals surface area contributed by atoms with E-state index in [0.29, 0.717) is 6.54 Å². The van der Waals surface area contributed by atoms with Crippen LogP contribution < -0.4 is 5.32 Å². The van der Waals surface area contributed by atoms with Crippen molar-refractivity contribution in [2.24, 2.45) is 12.0 Å². The highest BCUT2D eigenvalue weighted by atomic mass is 127. The largest absolute Gasteiger partial charge is 0.356 e. The quantitative estimate of drug-likeness (QED) is 0.438. The van der Waals surface area contributed by atoms with Crippen molar-refractivity contribution in [3.63, 3.8) is 0 Å². The molecule has 0 aliphatic rings. The molecule has 0 atom stereocenters. The maximum absolute atomic E-state index is 4.36. The number of aromatic nitrogens is 4. The molecular formula is C13H22IN7S. The van der Waals surface area contributed by atoms with Crippen molar-refractivity contribution >= 4 is 41.3 Å². The van der Waals surface area contributed by atoms with Crippen LogP contribution in [0.1, 0.15) is 15.7 Å². The number of aliphatic imine (C=N–C) groups is 1. The molecule has 1 N–H and O–H groups in total. The van der Waals surface area contributed by atoms with Gasteiger partial charge in [0.1, 0.15) is 12.2 Å². The lowest BCUT2D eigenvalue weighted by Gasteiger charge is -2.21. The average Bonchev–Trinajstić information content (AvgIpc) is 3.04. The zero-order valence-electron chi connectivity index (χ0n) is 13.3. The van der Waals surface area contributed by atoms with Crippen LogP contribution in [0.15, 0.2) is 17.5 Å². The molecule has 2 aromatic rings. The van der Waals surface area contributed by atoms with E-state index in [9.17, 15) is 0 Å². The number of halogens is 1. The van der Waals surface area contributed by atoms with Crippen molar-refractivity contribution in [1.82, 2.24) is 30.0 Å². The molecule has 22 heavy (non-hydrogen) atoms. The molecular weight excluding hydrogens is 413 g/mol. The van der Waals surface area contributed by atoms with Gasteiger partial charge in [0, 0.05) is 45.2 Å². The van der Waals surface area contributed by atoms with Crippen molar-refractivity contribution in [3.05, 3.63) is 28.2 Å². The van der Waals surface area contributed by atoms with E-state index in [0.717, 1.165) is 29.8 Å². The van der Waals surface area contributed by atoms with Gasteiger partial charge in [0.15, 0.2) is 5.96 Å². The zero-order valence-corrected chi connectivity index (χ0v) is 16.4. The third-order valence-corrected chi connectivity index (χ3v) is 4.02. The summed E-state index contributed by atoms with van der Waals surface area (Å²) in [5.74, 6) is 1.74. The maximum atomic E-state index is 4.36. The molecule has 0 aliphatic carbocycles. The molecule has 0 aliphatic heterocycles. The van der Waals surface area contributed by atoms with Crippen LogP contribution >= 0.6 is 35.3 Å². The number of thiazole rings is 1. The second-order valence-electron chi connectivity index (χ2n) is 4.74. The van der Waals surface area contributed by atoms with E-state index in [1.807, 2.05) is 25.2 Å². The molecule has 0 unspecified atom stereocenters. The molecule has 0 bridgehead atoms. The first kappa shape index (κ1) is 18.8. The number of hydrogen-bond acceptors (Lipinski definition) is 5. The van der Waals surface area contributed by atoms with Gasteiger partial charge in [-0.3, -0.25) is 9.67 Å². The second kappa shape index (κ2) is 9.03. The smallest absolute Gasteiger partial charge is 0.193 e. The minimum Gasteiger partial charge on any atom is -0.356 e. The van der Waals surface area contributed by atoms with Gasteiger partial charge in [-0.05, 0) is 6.92 Å². The Kier molecular flexibility index (Phi) is 7.73. The Morgan fingerprint density at radius 3 is 2.77 bits per heavy atom. The van der Waals surface area contributed by atoms with Crippen LogP contribution in [0.2, 0.25) is 0 Å². The third-order valence-electron chi connectivity index (χ3n) is 3.05. The van der Waals surface area contributed by atoms with Gasteiger partial charge in [-0.15, -0.1) is 35.3 Å². The summed E-state index contributed by atoms with van der Waals surface area (Å²) in [5.41, 5.74) is 0. The monoisotopic (exact) mass is 435 g/mol. The summed E-state index contributed by atoms with van der Waals surface area (Å²) in [5, 5.41) is 8.56. The molecule has 0 amide bonds. The van der Waals surface area contributed by atoms with Crippen LogP contribution in [0, 0.1) is 6.92 Å². The minimum atomic E-state index is 0. The van der Waals surface area contributed by atoms with Crippen molar-refractivity contribution in [3.8, 4) is 0 Å². The fourth-order valence-electron chi connectivity index (χ4n) is 1.93. The van der Waals surface area contributed by atoms with Gasteiger partial charge in [-0.2, -0.15) is 5.10 Å². The summed E-state index contributed by atoms with van der Waals surface area (Å²) in [6.07, 6.45) is 4.37. The lowest BCUT2D eigenvalue weighted by molar-refractivity contribution is 0.449. The SMILES string of the molecule is CN=C(NCCc1ncc(C)s1)N(C)Cc1ncnn1C.I. The molecule has 2 heterocycles. The van der Waals surface area contributed by atoms with Crippen molar-refractivity contribution in [1.29, 1.82) is 0 Å². The summed E-state index contributed by atoms with van der Waals surface area (Å²) in [6, 6.07) is 0. The highest BCUT2D eigenvalue weighted by Gasteiger charge is 2.09. The zero-order chi connectivity index (χ0) is 15.2. The van der Waals surface area contributed by atoms with E-state index in [-0.39, 0.29) is 24.0 Å².